The van der Waals surface area contributed by atoms with Gasteiger partial charge in [-0.05, 0) is 31.4 Å². The molecule has 0 aliphatic carbocycles. The van der Waals surface area contributed by atoms with Gasteiger partial charge in [0, 0.05) is 12.6 Å². The number of carboxylic acids is 1. The molecule has 1 aromatic carbocycles. The van der Waals surface area contributed by atoms with Crippen molar-refractivity contribution in [3.05, 3.63) is 29.8 Å². The summed E-state index contributed by atoms with van der Waals surface area (Å²) < 4.78 is 27.0. The fourth-order valence-electron chi connectivity index (χ4n) is 2.69. The van der Waals surface area contributed by atoms with Crippen molar-refractivity contribution in [3.63, 3.8) is 0 Å². The lowest BCUT2D eigenvalue weighted by Crippen LogP contribution is -2.43. The summed E-state index contributed by atoms with van der Waals surface area (Å²) in [5, 5.41) is 9.17. The van der Waals surface area contributed by atoms with Crippen LogP contribution in [0.5, 0.6) is 0 Å². The van der Waals surface area contributed by atoms with Crippen molar-refractivity contribution < 1.29 is 18.3 Å². The molecule has 110 valence electrons. The minimum Gasteiger partial charge on any atom is -0.478 e. The lowest BCUT2D eigenvalue weighted by Gasteiger charge is -2.34. The van der Waals surface area contributed by atoms with Crippen LogP contribution in [0, 0.1) is 0 Å². The molecule has 1 atom stereocenters. The number of hydrogen-bond acceptors (Lipinski definition) is 3. The van der Waals surface area contributed by atoms with E-state index < -0.39 is 16.0 Å². The maximum Gasteiger partial charge on any atom is 0.337 e. The zero-order valence-electron chi connectivity index (χ0n) is 11.4. The summed E-state index contributed by atoms with van der Waals surface area (Å²) in [6, 6.07) is 5.77. The van der Waals surface area contributed by atoms with Gasteiger partial charge in [0.15, 0.2) is 0 Å². The number of carbonyl (C=O) groups is 1. The first kappa shape index (κ1) is 15.0. The molecule has 1 fully saturated rings. The highest BCUT2D eigenvalue weighted by molar-refractivity contribution is 7.89. The van der Waals surface area contributed by atoms with Gasteiger partial charge in [0.1, 0.15) is 0 Å². The zero-order valence-corrected chi connectivity index (χ0v) is 12.3. The predicted molar refractivity (Wildman–Crippen MR) is 75.2 cm³/mol. The van der Waals surface area contributed by atoms with E-state index in [4.69, 9.17) is 5.11 Å². The second-order valence-electron chi connectivity index (χ2n) is 4.97. The number of benzene rings is 1. The number of nitrogens with zero attached hydrogens (tertiary/aromatic N) is 1. The van der Waals surface area contributed by atoms with E-state index in [0.29, 0.717) is 6.54 Å². The van der Waals surface area contributed by atoms with Gasteiger partial charge in [-0.1, -0.05) is 25.5 Å². The Morgan fingerprint density at radius 3 is 2.70 bits per heavy atom. The third-order valence-corrected chi connectivity index (χ3v) is 5.76. The molecule has 20 heavy (non-hydrogen) atoms. The van der Waals surface area contributed by atoms with Crippen molar-refractivity contribution in [2.24, 2.45) is 0 Å². The minimum absolute atomic E-state index is 0.0319. The molecule has 0 spiro atoms. The van der Waals surface area contributed by atoms with E-state index in [1.807, 2.05) is 6.92 Å². The zero-order chi connectivity index (χ0) is 14.8. The molecule has 0 saturated carbocycles. The molecule has 0 amide bonds. The van der Waals surface area contributed by atoms with E-state index >= 15 is 0 Å². The summed E-state index contributed by atoms with van der Waals surface area (Å²) in [6.45, 7) is 2.43. The highest BCUT2D eigenvalue weighted by atomic mass is 32.2. The Morgan fingerprint density at radius 1 is 1.35 bits per heavy atom. The molecule has 1 aliphatic rings. The molecule has 6 heteroatoms. The number of rotatable bonds is 4. The third-order valence-electron chi connectivity index (χ3n) is 3.75. The van der Waals surface area contributed by atoms with Crippen molar-refractivity contribution in [1.82, 2.24) is 4.31 Å². The summed E-state index contributed by atoms with van der Waals surface area (Å²) >= 11 is 0. The van der Waals surface area contributed by atoms with Gasteiger partial charge in [0.25, 0.3) is 0 Å². The Hall–Kier alpha value is -1.40. The Morgan fingerprint density at radius 2 is 2.05 bits per heavy atom. The fourth-order valence-corrected chi connectivity index (χ4v) is 4.65. The van der Waals surface area contributed by atoms with Gasteiger partial charge >= 0.3 is 5.97 Å². The summed E-state index contributed by atoms with van der Waals surface area (Å²) in [4.78, 5) is 11.1. The van der Waals surface area contributed by atoms with E-state index in [1.54, 1.807) is 6.07 Å². The van der Waals surface area contributed by atoms with Gasteiger partial charge < -0.3 is 5.11 Å². The highest BCUT2D eigenvalue weighted by Crippen LogP contribution is 2.28. The highest BCUT2D eigenvalue weighted by Gasteiger charge is 2.34. The van der Waals surface area contributed by atoms with Gasteiger partial charge in [-0.2, -0.15) is 4.31 Å². The van der Waals surface area contributed by atoms with Gasteiger partial charge in [0.2, 0.25) is 10.0 Å². The molecule has 1 aliphatic heterocycles. The van der Waals surface area contributed by atoms with Crippen molar-refractivity contribution in [2.75, 3.05) is 6.54 Å². The van der Waals surface area contributed by atoms with Crippen LogP contribution in [0.25, 0.3) is 0 Å². The van der Waals surface area contributed by atoms with Crippen LogP contribution < -0.4 is 0 Å². The monoisotopic (exact) mass is 297 g/mol. The molecule has 1 N–H and O–H groups in total. The second kappa shape index (κ2) is 5.93. The molecule has 0 aromatic heterocycles. The molecule has 1 heterocycles. The quantitative estimate of drug-likeness (QED) is 0.925. The SMILES string of the molecule is CCC1CCCCN1S(=O)(=O)c1ccccc1C(=O)O. The Balaban J connectivity index is 2.47. The maximum atomic E-state index is 12.7. The summed E-state index contributed by atoms with van der Waals surface area (Å²) in [6.07, 6.45) is 3.43. The van der Waals surface area contributed by atoms with E-state index in [0.717, 1.165) is 25.7 Å². The molecule has 2 rings (SSSR count). The fraction of sp³-hybridized carbons (Fsp3) is 0.500. The van der Waals surface area contributed by atoms with Gasteiger partial charge in [0.05, 0.1) is 10.5 Å². The topological polar surface area (TPSA) is 74.7 Å². The normalized spacial score (nSPS) is 20.8. The number of sulfonamides is 1. The van der Waals surface area contributed by atoms with Crippen molar-refractivity contribution >= 4 is 16.0 Å². The first-order chi connectivity index (χ1) is 9.48. The second-order valence-corrected chi connectivity index (χ2v) is 6.83. The van der Waals surface area contributed by atoms with Crippen LogP contribution in [0.2, 0.25) is 0 Å². The third kappa shape index (κ3) is 2.71. The van der Waals surface area contributed by atoms with Gasteiger partial charge in [-0.15, -0.1) is 0 Å². The summed E-state index contributed by atoms with van der Waals surface area (Å²) in [5.74, 6) is -1.21. The van der Waals surface area contributed by atoms with E-state index in [9.17, 15) is 13.2 Å². The molecular weight excluding hydrogens is 278 g/mol. The van der Waals surface area contributed by atoms with Crippen LogP contribution >= 0.6 is 0 Å². The van der Waals surface area contributed by atoms with Crippen molar-refractivity contribution in [3.8, 4) is 0 Å². The number of piperidine rings is 1. The minimum atomic E-state index is -3.75. The average molecular weight is 297 g/mol. The summed E-state index contributed by atoms with van der Waals surface area (Å²) in [5.41, 5.74) is -0.159. The predicted octanol–water partition coefficient (Wildman–Crippen LogP) is 2.34. The first-order valence-electron chi connectivity index (χ1n) is 6.82. The van der Waals surface area contributed by atoms with Crippen LogP contribution in [0.15, 0.2) is 29.2 Å². The van der Waals surface area contributed by atoms with Gasteiger partial charge in [-0.25, -0.2) is 13.2 Å². The number of aromatic carboxylic acids is 1. The Kier molecular flexibility index (Phi) is 4.45. The first-order valence-corrected chi connectivity index (χ1v) is 8.26. The molecule has 1 aromatic rings. The van der Waals surface area contributed by atoms with E-state index in [2.05, 4.69) is 0 Å². The maximum absolute atomic E-state index is 12.7. The number of carboxylic acid groups (broad SMARTS) is 1. The molecule has 5 nitrogen and oxygen atoms in total. The smallest absolute Gasteiger partial charge is 0.337 e. The van der Waals surface area contributed by atoms with E-state index in [-0.39, 0.29) is 16.5 Å². The van der Waals surface area contributed by atoms with Crippen LogP contribution in [-0.4, -0.2) is 36.4 Å². The van der Waals surface area contributed by atoms with Crippen molar-refractivity contribution in [1.29, 1.82) is 0 Å². The largest absolute Gasteiger partial charge is 0.478 e. The van der Waals surface area contributed by atoms with Crippen molar-refractivity contribution in [2.45, 2.75) is 43.5 Å². The lowest BCUT2D eigenvalue weighted by molar-refractivity contribution is 0.0692. The molecule has 1 saturated heterocycles. The van der Waals surface area contributed by atoms with E-state index in [1.165, 1.54) is 22.5 Å². The lowest BCUT2D eigenvalue weighted by atomic mass is 10.0. The molecule has 0 bridgehead atoms. The summed E-state index contributed by atoms with van der Waals surface area (Å²) in [7, 11) is -3.75. The van der Waals surface area contributed by atoms with Crippen LogP contribution in [0.1, 0.15) is 43.0 Å². The Labute approximate surface area is 119 Å². The number of hydrogen-bond donors (Lipinski definition) is 1. The standard InChI is InChI=1S/C14H19NO4S/c1-2-11-7-5-6-10-15(11)20(18,19)13-9-4-3-8-12(13)14(16)17/h3-4,8-9,11H,2,5-7,10H2,1H3,(H,16,17). The van der Waals surface area contributed by atoms with Crippen LogP contribution in [0.3, 0.4) is 0 Å². The molecule has 0 radical (unpaired) electrons. The van der Waals surface area contributed by atoms with Crippen LogP contribution in [-0.2, 0) is 10.0 Å². The van der Waals surface area contributed by atoms with Crippen LogP contribution in [0.4, 0.5) is 0 Å². The molecular formula is C14H19NO4S. The molecule has 1 unspecified atom stereocenters. The average Bonchev–Trinajstić information content (AvgIpc) is 2.47. The van der Waals surface area contributed by atoms with Gasteiger partial charge in [-0.3, -0.25) is 0 Å². The Bertz CT molecular complexity index is 597.